The summed E-state index contributed by atoms with van der Waals surface area (Å²) in [6.07, 6.45) is 3.71. The number of rotatable bonds is 6. The topological polar surface area (TPSA) is 28.2 Å². The molecule has 0 atom stereocenters. The van der Waals surface area contributed by atoms with Gasteiger partial charge in [-0.2, -0.15) is 0 Å². The van der Waals surface area contributed by atoms with Crippen molar-refractivity contribution in [3.05, 3.63) is 30.1 Å². The molecule has 19 heavy (non-hydrogen) atoms. The second-order valence-corrected chi connectivity index (χ2v) is 7.30. The van der Waals surface area contributed by atoms with Crippen LogP contribution in [-0.2, 0) is 6.54 Å². The van der Waals surface area contributed by atoms with E-state index in [4.69, 9.17) is 0 Å². The van der Waals surface area contributed by atoms with E-state index >= 15 is 0 Å². The molecule has 0 saturated heterocycles. The van der Waals surface area contributed by atoms with Gasteiger partial charge in [0.05, 0.1) is 0 Å². The minimum atomic E-state index is 0.181. The molecule has 0 radical (unpaired) electrons. The summed E-state index contributed by atoms with van der Waals surface area (Å²) >= 11 is 0. The lowest BCUT2D eigenvalue weighted by molar-refractivity contribution is 0.186. The fourth-order valence-electron chi connectivity index (χ4n) is 2.15. The molecular weight excluding hydrogens is 234 g/mol. The zero-order valence-electron chi connectivity index (χ0n) is 13.3. The Hall–Kier alpha value is -0.930. The van der Waals surface area contributed by atoms with Crippen molar-refractivity contribution in [1.82, 2.24) is 15.2 Å². The number of nitrogens with one attached hydrogen (secondary N) is 1. The number of nitrogens with zero attached hydrogens (tertiary/aromatic N) is 2. The number of pyridine rings is 1. The van der Waals surface area contributed by atoms with E-state index in [9.17, 15) is 0 Å². The van der Waals surface area contributed by atoms with Gasteiger partial charge in [-0.15, -0.1) is 0 Å². The molecule has 0 fully saturated rings. The highest BCUT2D eigenvalue weighted by atomic mass is 15.1. The second kappa shape index (κ2) is 6.49. The Morgan fingerprint density at radius 3 is 2.21 bits per heavy atom. The first-order valence-electron chi connectivity index (χ1n) is 7.00. The molecule has 3 heteroatoms. The minimum Gasteiger partial charge on any atom is -0.311 e. The number of aromatic nitrogens is 1. The van der Waals surface area contributed by atoms with Crippen molar-refractivity contribution in [2.75, 3.05) is 20.1 Å². The zero-order valence-corrected chi connectivity index (χ0v) is 13.3. The molecule has 0 bridgehead atoms. The zero-order chi connectivity index (χ0) is 14.5. The molecule has 0 aliphatic rings. The van der Waals surface area contributed by atoms with Crippen molar-refractivity contribution in [2.24, 2.45) is 5.41 Å². The lowest BCUT2D eigenvalue weighted by Crippen LogP contribution is -2.45. The van der Waals surface area contributed by atoms with Crippen LogP contribution in [0.15, 0.2) is 24.5 Å². The summed E-state index contributed by atoms with van der Waals surface area (Å²) in [6, 6.07) is 4.16. The van der Waals surface area contributed by atoms with E-state index < -0.39 is 0 Å². The maximum Gasteiger partial charge on any atom is 0.0271 e. The van der Waals surface area contributed by atoms with E-state index in [2.05, 4.69) is 69.0 Å². The molecule has 0 aliphatic heterocycles. The van der Waals surface area contributed by atoms with Crippen molar-refractivity contribution in [3.63, 3.8) is 0 Å². The molecular formula is C16H29N3. The fraction of sp³-hybridized carbons (Fsp3) is 0.688. The third kappa shape index (κ3) is 7.28. The van der Waals surface area contributed by atoms with Gasteiger partial charge in [0, 0.05) is 37.6 Å². The first-order valence-corrected chi connectivity index (χ1v) is 7.00. The smallest absolute Gasteiger partial charge is 0.0271 e. The van der Waals surface area contributed by atoms with Gasteiger partial charge in [0.25, 0.3) is 0 Å². The summed E-state index contributed by atoms with van der Waals surface area (Å²) in [5.41, 5.74) is 1.76. The Bertz CT molecular complexity index is 365. The molecule has 0 aliphatic carbocycles. The van der Waals surface area contributed by atoms with Gasteiger partial charge in [0.2, 0.25) is 0 Å². The Morgan fingerprint density at radius 2 is 1.68 bits per heavy atom. The molecule has 0 aromatic carbocycles. The van der Waals surface area contributed by atoms with E-state index in [0.29, 0.717) is 0 Å². The largest absolute Gasteiger partial charge is 0.311 e. The van der Waals surface area contributed by atoms with E-state index in [-0.39, 0.29) is 11.0 Å². The predicted molar refractivity (Wildman–Crippen MR) is 82.1 cm³/mol. The third-order valence-corrected chi connectivity index (χ3v) is 3.00. The molecule has 1 aromatic rings. The Kier molecular flexibility index (Phi) is 5.50. The number of hydrogen-bond acceptors (Lipinski definition) is 3. The highest BCUT2D eigenvalue weighted by molar-refractivity contribution is 5.09. The van der Waals surface area contributed by atoms with Gasteiger partial charge in [-0.05, 0) is 50.9 Å². The molecule has 1 rings (SSSR count). The molecule has 3 nitrogen and oxygen atoms in total. The summed E-state index contributed by atoms with van der Waals surface area (Å²) in [7, 11) is 2.18. The summed E-state index contributed by atoms with van der Waals surface area (Å²) in [4.78, 5) is 6.43. The van der Waals surface area contributed by atoms with Gasteiger partial charge in [-0.25, -0.2) is 0 Å². The first-order chi connectivity index (χ1) is 8.68. The van der Waals surface area contributed by atoms with E-state index in [0.717, 1.165) is 19.6 Å². The fourth-order valence-corrected chi connectivity index (χ4v) is 2.15. The Labute approximate surface area is 118 Å². The van der Waals surface area contributed by atoms with Gasteiger partial charge in [-0.1, -0.05) is 13.8 Å². The van der Waals surface area contributed by atoms with Crippen molar-refractivity contribution < 1.29 is 0 Å². The van der Waals surface area contributed by atoms with Crippen molar-refractivity contribution >= 4 is 0 Å². The first kappa shape index (κ1) is 16.1. The van der Waals surface area contributed by atoms with Gasteiger partial charge < -0.3 is 10.2 Å². The van der Waals surface area contributed by atoms with Crippen LogP contribution in [0.4, 0.5) is 0 Å². The second-order valence-electron chi connectivity index (χ2n) is 7.30. The van der Waals surface area contributed by atoms with Crippen molar-refractivity contribution in [1.29, 1.82) is 0 Å². The van der Waals surface area contributed by atoms with Crippen LogP contribution in [0.2, 0.25) is 0 Å². The average Bonchev–Trinajstić information content (AvgIpc) is 2.26. The summed E-state index contributed by atoms with van der Waals surface area (Å²) in [6.45, 7) is 14.3. The molecule has 1 heterocycles. The van der Waals surface area contributed by atoms with Gasteiger partial charge >= 0.3 is 0 Å². The SMILES string of the molecule is CN(Cc1ccncc1)CC(C)(C)CNC(C)(C)C. The summed E-state index contributed by atoms with van der Waals surface area (Å²) in [5.74, 6) is 0. The molecule has 1 N–H and O–H groups in total. The highest BCUT2D eigenvalue weighted by Gasteiger charge is 2.22. The molecule has 0 spiro atoms. The summed E-state index contributed by atoms with van der Waals surface area (Å²) in [5, 5.41) is 3.59. The van der Waals surface area contributed by atoms with E-state index in [1.54, 1.807) is 0 Å². The average molecular weight is 263 g/mol. The lowest BCUT2D eigenvalue weighted by atomic mass is 9.91. The van der Waals surface area contributed by atoms with Crippen LogP contribution in [0.5, 0.6) is 0 Å². The predicted octanol–water partition coefficient (Wildman–Crippen LogP) is 2.93. The Balaban J connectivity index is 2.44. The van der Waals surface area contributed by atoms with Gasteiger partial charge in [-0.3, -0.25) is 4.98 Å². The van der Waals surface area contributed by atoms with E-state index in [1.807, 2.05) is 12.4 Å². The maximum atomic E-state index is 4.06. The van der Waals surface area contributed by atoms with Crippen molar-refractivity contribution in [3.8, 4) is 0 Å². The van der Waals surface area contributed by atoms with E-state index in [1.165, 1.54) is 5.56 Å². The number of hydrogen-bond donors (Lipinski definition) is 1. The van der Waals surface area contributed by atoms with Crippen molar-refractivity contribution in [2.45, 2.75) is 46.7 Å². The quantitative estimate of drug-likeness (QED) is 0.855. The molecule has 0 saturated carbocycles. The van der Waals surface area contributed by atoms with Crippen LogP contribution >= 0.6 is 0 Å². The minimum absolute atomic E-state index is 0.181. The highest BCUT2D eigenvalue weighted by Crippen LogP contribution is 2.17. The van der Waals surface area contributed by atoms with Crippen LogP contribution in [0.1, 0.15) is 40.2 Å². The van der Waals surface area contributed by atoms with Crippen LogP contribution in [0.25, 0.3) is 0 Å². The normalized spacial score (nSPS) is 13.0. The maximum absolute atomic E-state index is 4.06. The molecule has 108 valence electrons. The van der Waals surface area contributed by atoms with Crippen LogP contribution in [-0.4, -0.2) is 35.6 Å². The molecule has 0 unspecified atom stereocenters. The standard InChI is InChI=1S/C16H29N3/c1-15(2,3)18-12-16(4,5)13-19(6)11-14-7-9-17-10-8-14/h7-10,18H,11-13H2,1-6H3. The van der Waals surface area contributed by atoms with Gasteiger partial charge in [0.1, 0.15) is 0 Å². The van der Waals surface area contributed by atoms with Crippen LogP contribution in [0, 0.1) is 5.41 Å². The Morgan fingerprint density at radius 1 is 1.11 bits per heavy atom. The monoisotopic (exact) mass is 263 g/mol. The molecule has 0 amide bonds. The van der Waals surface area contributed by atoms with Crippen LogP contribution < -0.4 is 5.32 Å². The third-order valence-electron chi connectivity index (χ3n) is 3.00. The summed E-state index contributed by atoms with van der Waals surface area (Å²) < 4.78 is 0. The van der Waals surface area contributed by atoms with Crippen LogP contribution in [0.3, 0.4) is 0 Å². The lowest BCUT2D eigenvalue weighted by Gasteiger charge is -2.33. The molecule has 1 aromatic heterocycles. The van der Waals surface area contributed by atoms with Gasteiger partial charge in [0.15, 0.2) is 0 Å².